The van der Waals surface area contributed by atoms with Crippen molar-refractivity contribution in [2.75, 3.05) is 19.7 Å². The fourth-order valence-electron chi connectivity index (χ4n) is 2.83. The third-order valence-corrected chi connectivity index (χ3v) is 4.12. The van der Waals surface area contributed by atoms with Crippen molar-refractivity contribution in [2.45, 2.75) is 63.5 Å². The van der Waals surface area contributed by atoms with Crippen LogP contribution in [0.4, 0.5) is 0 Å². The van der Waals surface area contributed by atoms with Gasteiger partial charge in [-0.05, 0) is 58.5 Å². The summed E-state index contributed by atoms with van der Waals surface area (Å²) in [6, 6.07) is 0. The first-order chi connectivity index (χ1) is 8.68. The molecule has 112 valence electrons. The van der Waals surface area contributed by atoms with Gasteiger partial charge in [-0.3, -0.25) is 4.79 Å². The zero-order chi connectivity index (χ0) is 12.8. The van der Waals surface area contributed by atoms with E-state index < -0.39 is 0 Å². The number of amides is 1. The maximum absolute atomic E-state index is 12.0. The number of hydrogen-bond acceptors (Lipinski definition) is 3. The van der Waals surface area contributed by atoms with Crippen LogP contribution in [-0.4, -0.2) is 37.2 Å². The zero-order valence-electron chi connectivity index (χ0n) is 11.9. The van der Waals surface area contributed by atoms with Crippen molar-refractivity contribution < 1.29 is 9.53 Å². The number of piperidine rings is 1. The van der Waals surface area contributed by atoms with E-state index in [1.807, 2.05) is 0 Å². The number of carbonyl (C=O) groups is 1. The predicted octanol–water partition coefficient (Wildman–Crippen LogP) is 2.02. The van der Waals surface area contributed by atoms with Crippen molar-refractivity contribution in [1.82, 2.24) is 10.6 Å². The maximum atomic E-state index is 12.0. The Bertz CT molecular complexity index is 275. The first kappa shape index (κ1) is 16.7. The minimum absolute atomic E-state index is 0. The summed E-state index contributed by atoms with van der Waals surface area (Å²) in [5.41, 5.74) is -0.00421. The fourth-order valence-corrected chi connectivity index (χ4v) is 2.83. The van der Waals surface area contributed by atoms with Crippen LogP contribution < -0.4 is 10.6 Å². The molecule has 2 N–H and O–H groups in total. The Hall–Kier alpha value is -0.320. The van der Waals surface area contributed by atoms with Crippen molar-refractivity contribution in [3.63, 3.8) is 0 Å². The van der Waals surface area contributed by atoms with Gasteiger partial charge in [-0.15, -0.1) is 12.4 Å². The van der Waals surface area contributed by atoms with Crippen LogP contribution in [0.1, 0.15) is 51.9 Å². The molecule has 2 rings (SSSR count). The molecule has 0 spiro atoms. The van der Waals surface area contributed by atoms with E-state index in [9.17, 15) is 4.79 Å². The van der Waals surface area contributed by atoms with Crippen molar-refractivity contribution in [3.05, 3.63) is 0 Å². The van der Waals surface area contributed by atoms with E-state index >= 15 is 0 Å². The Morgan fingerprint density at radius 2 is 2.11 bits per heavy atom. The second-order valence-electron chi connectivity index (χ2n) is 5.89. The highest BCUT2D eigenvalue weighted by molar-refractivity contribution is 5.85. The third-order valence-electron chi connectivity index (χ3n) is 4.12. The van der Waals surface area contributed by atoms with Crippen molar-refractivity contribution >= 4 is 18.3 Å². The Kier molecular flexibility index (Phi) is 7.11. The molecular weight excluding hydrogens is 264 g/mol. The number of ether oxygens (including phenoxy) is 1. The van der Waals surface area contributed by atoms with Gasteiger partial charge in [0, 0.05) is 18.6 Å². The van der Waals surface area contributed by atoms with Crippen LogP contribution in [0.3, 0.4) is 0 Å². The summed E-state index contributed by atoms with van der Waals surface area (Å²) in [7, 11) is 0. The molecule has 0 bridgehead atoms. The average Bonchev–Trinajstić information content (AvgIpc) is 2.38. The molecule has 2 aliphatic rings. The number of hydrogen-bond donors (Lipinski definition) is 2. The highest BCUT2D eigenvalue weighted by Crippen LogP contribution is 2.19. The second kappa shape index (κ2) is 8.08. The van der Waals surface area contributed by atoms with E-state index in [-0.39, 0.29) is 23.9 Å². The molecule has 1 amide bonds. The molecule has 2 aliphatic heterocycles. The van der Waals surface area contributed by atoms with Gasteiger partial charge in [0.15, 0.2) is 0 Å². The van der Waals surface area contributed by atoms with Gasteiger partial charge in [-0.1, -0.05) is 0 Å². The molecule has 2 fully saturated rings. The van der Waals surface area contributed by atoms with E-state index in [4.69, 9.17) is 4.74 Å². The molecule has 0 aliphatic carbocycles. The van der Waals surface area contributed by atoms with E-state index in [2.05, 4.69) is 17.6 Å². The molecule has 0 aromatic heterocycles. The van der Waals surface area contributed by atoms with Crippen molar-refractivity contribution in [2.24, 2.45) is 0 Å². The first-order valence-electron chi connectivity index (χ1n) is 7.31. The van der Waals surface area contributed by atoms with Crippen LogP contribution in [0.15, 0.2) is 0 Å². The first-order valence-corrected chi connectivity index (χ1v) is 7.31. The van der Waals surface area contributed by atoms with Gasteiger partial charge >= 0.3 is 0 Å². The van der Waals surface area contributed by atoms with E-state index in [1.54, 1.807) is 0 Å². The van der Waals surface area contributed by atoms with Crippen LogP contribution >= 0.6 is 12.4 Å². The summed E-state index contributed by atoms with van der Waals surface area (Å²) in [4.78, 5) is 12.0. The summed E-state index contributed by atoms with van der Waals surface area (Å²) in [6.45, 7) is 5.03. The highest BCUT2D eigenvalue weighted by atomic mass is 35.5. The number of carbonyl (C=O) groups excluding carboxylic acids is 1. The molecule has 0 saturated carbocycles. The molecule has 0 aromatic rings. The quantitative estimate of drug-likeness (QED) is 0.833. The lowest BCUT2D eigenvalue weighted by molar-refractivity contribution is -0.124. The molecular formula is C14H27ClN2O2. The van der Waals surface area contributed by atoms with Gasteiger partial charge in [0.2, 0.25) is 5.91 Å². The van der Waals surface area contributed by atoms with E-state index in [0.717, 1.165) is 45.4 Å². The standard InChI is InChI=1S/C14H26N2O2.ClH/c1-14(7-9-15-10-8-14)16-13(17)6-5-12-4-2-3-11-18-12;/h12,15H,2-11H2,1H3,(H,16,17);1H. The van der Waals surface area contributed by atoms with Gasteiger partial charge < -0.3 is 15.4 Å². The number of halogens is 1. The Morgan fingerprint density at radius 3 is 2.74 bits per heavy atom. The average molecular weight is 291 g/mol. The minimum atomic E-state index is -0.00421. The van der Waals surface area contributed by atoms with Gasteiger partial charge in [0.25, 0.3) is 0 Å². The molecule has 5 heteroatoms. The van der Waals surface area contributed by atoms with Crippen LogP contribution in [-0.2, 0) is 9.53 Å². The summed E-state index contributed by atoms with van der Waals surface area (Å²) in [5, 5.41) is 6.53. The lowest BCUT2D eigenvalue weighted by atomic mass is 9.90. The second-order valence-corrected chi connectivity index (χ2v) is 5.89. The largest absolute Gasteiger partial charge is 0.378 e. The SMILES string of the molecule is CC1(NC(=O)CCC2CCCCO2)CCNCC1.Cl. The maximum Gasteiger partial charge on any atom is 0.220 e. The fraction of sp³-hybridized carbons (Fsp3) is 0.929. The normalized spacial score (nSPS) is 26.3. The van der Waals surface area contributed by atoms with Gasteiger partial charge in [-0.2, -0.15) is 0 Å². The van der Waals surface area contributed by atoms with Gasteiger partial charge in [0.1, 0.15) is 0 Å². The van der Waals surface area contributed by atoms with Gasteiger partial charge in [0.05, 0.1) is 6.10 Å². The van der Waals surface area contributed by atoms with Gasteiger partial charge in [-0.25, -0.2) is 0 Å². The molecule has 1 unspecified atom stereocenters. The van der Waals surface area contributed by atoms with Crippen LogP contribution in [0.2, 0.25) is 0 Å². The lowest BCUT2D eigenvalue weighted by Gasteiger charge is -2.35. The topological polar surface area (TPSA) is 50.4 Å². The minimum Gasteiger partial charge on any atom is -0.378 e. The predicted molar refractivity (Wildman–Crippen MR) is 78.7 cm³/mol. The summed E-state index contributed by atoms with van der Waals surface area (Å²) in [6.07, 6.45) is 7.38. The monoisotopic (exact) mass is 290 g/mol. The molecule has 4 nitrogen and oxygen atoms in total. The molecule has 1 atom stereocenters. The number of nitrogens with one attached hydrogen (secondary N) is 2. The molecule has 0 radical (unpaired) electrons. The van der Waals surface area contributed by atoms with Crippen LogP contribution in [0.5, 0.6) is 0 Å². The zero-order valence-corrected chi connectivity index (χ0v) is 12.7. The van der Waals surface area contributed by atoms with E-state index in [0.29, 0.717) is 12.5 Å². The smallest absolute Gasteiger partial charge is 0.220 e. The molecule has 19 heavy (non-hydrogen) atoms. The van der Waals surface area contributed by atoms with Crippen LogP contribution in [0, 0.1) is 0 Å². The summed E-state index contributed by atoms with van der Waals surface area (Å²) < 4.78 is 5.65. The van der Waals surface area contributed by atoms with E-state index in [1.165, 1.54) is 12.8 Å². The molecule has 2 saturated heterocycles. The molecule has 2 heterocycles. The third kappa shape index (κ3) is 5.67. The highest BCUT2D eigenvalue weighted by Gasteiger charge is 2.28. The summed E-state index contributed by atoms with van der Waals surface area (Å²) in [5.74, 6) is 0.188. The lowest BCUT2D eigenvalue weighted by Crippen LogP contribution is -2.52. The van der Waals surface area contributed by atoms with Crippen molar-refractivity contribution in [1.29, 1.82) is 0 Å². The Balaban J connectivity index is 0.00000180. The molecule has 0 aromatic carbocycles. The Morgan fingerprint density at radius 1 is 1.37 bits per heavy atom. The number of rotatable bonds is 4. The Labute approximate surface area is 122 Å². The van der Waals surface area contributed by atoms with Crippen LogP contribution in [0.25, 0.3) is 0 Å². The summed E-state index contributed by atoms with van der Waals surface area (Å²) >= 11 is 0. The van der Waals surface area contributed by atoms with Crippen molar-refractivity contribution in [3.8, 4) is 0 Å².